The molecule has 0 aromatic heterocycles. The normalized spacial score (nSPS) is 14.9. The van der Waals surface area contributed by atoms with Gasteiger partial charge in [0.1, 0.15) is 11.6 Å². The van der Waals surface area contributed by atoms with E-state index in [0.29, 0.717) is 0 Å². The fraction of sp³-hybridized carbons (Fsp3) is 0.417. The Balaban J connectivity index is 3.50. The van der Waals surface area contributed by atoms with Crippen LogP contribution in [0, 0.1) is 17.6 Å². The molecule has 1 aromatic rings. The Morgan fingerprint density at radius 2 is 1.75 bits per heavy atom. The smallest absolute Gasteiger partial charge is 0.232 e. The van der Waals surface area contributed by atoms with Crippen molar-refractivity contribution in [3.05, 3.63) is 35.4 Å². The van der Waals surface area contributed by atoms with Gasteiger partial charge in [-0.05, 0) is 36.6 Å². The molecule has 0 radical (unpaired) electrons. The molecule has 0 aliphatic heterocycles. The summed E-state index contributed by atoms with van der Waals surface area (Å²) < 4.78 is 27.2. The van der Waals surface area contributed by atoms with Crippen molar-refractivity contribution in [2.45, 2.75) is 26.2 Å². The van der Waals surface area contributed by atoms with Crippen molar-refractivity contribution >= 4 is 16.8 Å². The SMILES string of the molecule is CC(C)C(C)(C(=O)Cl)c1c(F)cccc1F. The molecule has 0 amide bonds. The number of benzene rings is 1. The zero-order valence-corrected chi connectivity index (χ0v) is 10.1. The van der Waals surface area contributed by atoms with E-state index >= 15 is 0 Å². The van der Waals surface area contributed by atoms with E-state index in [1.165, 1.54) is 13.0 Å². The minimum atomic E-state index is -1.35. The average Bonchev–Trinajstić information content (AvgIpc) is 2.16. The Labute approximate surface area is 98.4 Å². The molecule has 0 aliphatic carbocycles. The van der Waals surface area contributed by atoms with E-state index in [4.69, 9.17) is 11.6 Å². The number of hydrogen-bond acceptors (Lipinski definition) is 1. The maximum absolute atomic E-state index is 13.6. The van der Waals surface area contributed by atoms with Crippen molar-refractivity contribution in [3.63, 3.8) is 0 Å². The summed E-state index contributed by atoms with van der Waals surface area (Å²) in [5, 5.41) is -0.758. The van der Waals surface area contributed by atoms with Crippen LogP contribution in [0.25, 0.3) is 0 Å². The number of carbonyl (C=O) groups excluding carboxylic acids is 1. The van der Waals surface area contributed by atoms with Crippen molar-refractivity contribution in [3.8, 4) is 0 Å². The van der Waals surface area contributed by atoms with Crippen molar-refractivity contribution in [2.24, 2.45) is 5.92 Å². The van der Waals surface area contributed by atoms with Crippen LogP contribution in [0.2, 0.25) is 0 Å². The summed E-state index contributed by atoms with van der Waals surface area (Å²) in [5.41, 5.74) is -1.61. The molecule has 0 spiro atoms. The fourth-order valence-corrected chi connectivity index (χ4v) is 1.92. The second-order valence-corrected chi connectivity index (χ2v) is 4.57. The van der Waals surface area contributed by atoms with E-state index in [1.54, 1.807) is 13.8 Å². The maximum Gasteiger partial charge on any atom is 0.232 e. The van der Waals surface area contributed by atoms with Gasteiger partial charge in [0.25, 0.3) is 0 Å². The Morgan fingerprint density at radius 1 is 1.31 bits per heavy atom. The van der Waals surface area contributed by atoms with Gasteiger partial charge in [0.05, 0.1) is 5.41 Å². The van der Waals surface area contributed by atoms with Gasteiger partial charge in [-0.2, -0.15) is 0 Å². The van der Waals surface area contributed by atoms with Gasteiger partial charge in [-0.1, -0.05) is 19.9 Å². The Hall–Kier alpha value is -0.960. The van der Waals surface area contributed by atoms with Crippen molar-refractivity contribution < 1.29 is 13.6 Å². The van der Waals surface area contributed by atoms with Gasteiger partial charge in [0, 0.05) is 5.56 Å². The third kappa shape index (κ3) is 1.96. The summed E-state index contributed by atoms with van der Waals surface area (Å²) in [7, 11) is 0. The number of hydrogen-bond donors (Lipinski definition) is 0. The highest BCUT2D eigenvalue weighted by atomic mass is 35.5. The van der Waals surface area contributed by atoms with E-state index in [0.717, 1.165) is 12.1 Å². The van der Waals surface area contributed by atoms with Crippen LogP contribution in [0.1, 0.15) is 26.3 Å². The minimum Gasteiger partial charge on any atom is -0.280 e. The highest BCUT2D eigenvalue weighted by Crippen LogP contribution is 2.37. The van der Waals surface area contributed by atoms with Crippen molar-refractivity contribution in [1.82, 2.24) is 0 Å². The Bertz CT molecular complexity index is 397. The molecule has 1 aromatic carbocycles. The van der Waals surface area contributed by atoms with E-state index in [2.05, 4.69) is 0 Å². The first-order valence-corrected chi connectivity index (χ1v) is 5.34. The van der Waals surface area contributed by atoms with Gasteiger partial charge in [-0.15, -0.1) is 0 Å². The van der Waals surface area contributed by atoms with Gasteiger partial charge in [-0.25, -0.2) is 8.78 Å². The second-order valence-electron chi connectivity index (χ2n) is 4.23. The highest BCUT2D eigenvalue weighted by Gasteiger charge is 2.41. The third-order valence-corrected chi connectivity index (χ3v) is 3.44. The van der Waals surface area contributed by atoms with Gasteiger partial charge >= 0.3 is 0 Å². The Morgan fingerprint density at radius 3 is 2.06 bits per heavy atom. The molecule has 4 heteroatoms. The van der Waals surface area contributed by atoms with Crippen LogP contribution >= 0.6 is 11.6 Å². The first-order chi connectivity index (χ1) is 7.31. The van der Waals surface area contributed by atoms with Crippen LogP contribution in [0.3, 0.4) is 0 Å². The van der Waals surface area contributed by atoms with Gasteiger partial charge < -0.3 is 0 Å². The van der Waals surface area contributed by atoms with Crippen LogP contribution in [0.15, 0.2) is 18.2 Å². The minimum absolute atomic E-state index is 0.259. The number of halogens is 3. The molecule has 0 saturated heterocycles. The van der Waals surface area contributed by atoms with E-state index in [9.17, 15) is 13.6 Å². The fourth-order valence-electron chi connectivity index (χ4n) is 1.61. The summed E-state index contributed by atoms with van der Waals surface area (Å²) >= 11 is 5.49. The lowest BCUT2D eigenvalue weighted by Gasteiger charge is -2.30. The summed E-state index contributed by atoms with van der Waals surface area (Å²) in [6.07, 6.45) is 0. The maximum atomic E-state index is 13.6. The lowest BCUT2D eigenvalue weighted by molar-refractivity contribution is -0.117. The van der Waals surface area contributed by atoms with Crippen molar-refractivity contribution in [1.29, 1.82) is 0 Å². The lowest BCUT2D eigenvalue weighted by Crippen LogP contribution is -2.37. The third-order valence-electron chi connectivity index (χ3n) is 3.05. The van der Waals surface area contributed by atoms with Crippen LogP contribution in [-0.4, -0.2) is 5.24 Å². The summed E-state index contributed by atoms with van der Waals surface area (Å²) in [6, 6.07) is 3.51. The highest BCUT2D eigenvalue weighted by molar-refractivity contribution is 6.65. The van der Waals surface area contributed by atoms with Crippen LogP contribution < -0.4 is 0 Å². The quantitative estimate of drug-likeness (QED) is 0.744. The monoisotopic (exact) mass is 246 g/mol. The molecule has 0 N–H and O–H groups in total. The zero-order valence-electron chi connectivity index (χ0n) is 9.35. The van der Waals surface area contributed by atoms with Crippen LogP contribution in [-0.2, 0) is 10.2 Å². The average molecular weight is 247 g/mol. The van der Waals surface area contributed by atoms with Crippen LogP contribution in [0.4, 0.5) is 8.78 Å². The standard InChI is InChI=1S/C12H13ClF2O/c1-7(2)12(3,11(13)16)10-8(14)5-4-6-9(10)15/h4-7H,1-3H3. The molecule has 1 unspecified atom stereocenters. The first-order valence-electron chi connectivity index (χ1n) is 4.96. The van der Waals surface area contributed by atoms with Gasteiger partial charge in [-0.3, -0.25) is 4.79 Å². The summed E-state index contributed by atoms with van der Waals surface area (Å²) in [6.45, 7) is 4.85. The topological polar surface area (TPSA) is 17.1 Å². The van der Waals surface area contributed by atoms with Crippen LogP contribution in [0.5, 0.6) is 0 Å². The van der Waals surface area contributed by atoms with E-state index < -0.39 is 22.3 Å². The van der Waals surface area contributed by atoms with Gasteiger partial charge in [0.2, 0.25) is 5.24 Å². The van der Waals surface area contributed by atoms with E-state index in [1.807, 2.05) is 0 Å². The molecule has 0 fully saturated rings. The van der Waals surface area contributed by atoms with Gasteiger partial charge in [0.15, 0.2) is 0 Å². The predicted molar refractivity (Wildman–Crippen MR) is 59.4 cm³/mol. The van der Waals surface area contributed by atoms with Crippen molar-refractivity contribution in [2.75, 3.05) is 0 Å². The molecule has 1 atom stereocenters. The molecule has 1 rings (SSSR count). The van der Waals surface area contributed by atoms with E-state index in [-0.39, 0.29) is 11.5 Å². The first kappa shape index (κ1) is 13.1. The molecule has 0 bridgehead atoms. The Kier molecular flexibility index (Phi) is 3.68. The number of rotatable bonds is 3. The lowest BCUT2D eigenvalue weighted by atomic mass is 9.74. The summed E-state index contributed by atoms with van der Waals surface area (Å²) in [4.78, 5) is 11.4. The predicted octanol–water partition coefficient (Wildman–Crippen LogP) is 3.64. The second kappa shape index (κ2) is 4.50. The molecule has 0 aliphatic rings. The zero-order chi connectivity index (χ0) is 12.5. The molecular weight excluding hydrogens is 234 g/mol. The molecule has 88 valence electrons. The molecule has 0 heterocycles. The summed E-state index contributed by atoms with van der Waals surface area (Å²) in [5.74, 6) is -1.79. The number of carbonyl (C=O) groups is 1. The molecule has 1 nitrogen and oxygen atoms in total. The largest absolute Gasteiger partial charge is 0.280 e. The molecular formula is C12H13ClF2O. The molecule has 16 heavy (non-hydrogen) atoms. The molecule has 0 saturated carbocycles.